The quantitative estimate of drug-likeness (QED) is 0.554. The van der Waals surface area contributed by atoms with Crippen LogP contribution in [0.4, 0.5) is 5.69 Å². The second-order valence-electron chi connectivity index (χ2n) is 8.83. The molecule has 6 unspecified atom stereocenters. The van der Waals surface area contributed by atoms with E-state index in [4.69, 9.17) is 0 Å². The van der Waals surface area contributed by atoms with Crippen molar-refractivity contribution in [3.63, 3.8) is 0 Å². The van der Waals surface area contributed by atoms with Crippen molar-refractivity contribution in [2.45, 2.75) is 67.9 Å². The monoisotopic (exact) mass is 339 g/mol. The van der Waals surface area contributed by atoms with Crippen LogP contribution in [0.1, 0.15) is 42.9 Å². The van der Waals surface area contributed by atoms with Crippen molar-refractivity contribution in [2.24, 2.45) is 0 Å². The van der Waals surface area contributed by atoms with E-state index in [0.717, 1.165) is 26.1 Å². The van der Waals surface area contributed by atoms with E-state index < -0.39 is 0 Å². The van der Waals surface area contributed by atoms with Gasteiger partial charge in [0, 0.05) is 61.1 Å². The summed E-state index contributed by atoms with van der Waals surface area (Å²) in [5, 5.41) is 19.3. The maximum Gasteiger partial charge on any atom is 0.0479 e. The third-order valence-electron chi connectivity index (χ3n) is 7.52. The lowest BCUT2D eigenvalue weighted by molar-refractivity contribution is 0.0714. The van der Waals surface area contributed by atoms with Gasteiger partial charge in [-0.1, -0.05) is 12.1 Å². The molecule has 0 aromatic heterocycles. The molecular weight excluding hydrogens is 310 g/mol. The maximum atomic E-state index is 4.12. The van der Waals surface area contributed by atoms with E-state index in [2.05, 4.69) is 44.8 Å². The molecule has 5 N–H and O–H groups in total. The molecule has 5 fully saturated rings. The number of benzene rings is 1. The van der Waals surface area contributed by atoms with Crippen molar-refractivity contribution in [3.8, 4) is 0 Å². The van der Waals surface area contributed by atoms with Crippen molar-refractivity contribution in [1.29, 1.82) is 0 Å². The van der Waals surface area contributed by atoms with E-state index in [1.807, 2.05) is 0 Å². The van der Waals surface area contributed by atoms with E-state index >= 15 is 0 Å². The highest BCUT2D eigenvalue weighted by Gasteiger charge is 2.53. The Kier molecular flexibility index (Phi) is 3.25. The van der Waals surface area contributed by atoms with Gasteiger partial charge in [-0.25, -0.2) is 0 Å². The van der Waals surface area contributed by atoms with Crippen LogP contribution >= 0.6 is 0 Å². The molecule has 25 heavy (non-hydrogen) atoms. The summed E-state index contributed by atoms with van der Waals surface area (Å²) in [5.74, 6) is 0. The summed E-state index contributed by atoms with van der Waals surface area (Å²) in [4.78, 5) is 0. The molecule has 5 saturated heterocycles. The lowest BCUT2D eigenvalue weighted by Crippen LogP contribution is -2.78. The highest BCUT2D eigenvalue weighted by molar-refractivity contribution is 5.57. The van der Waals surface area contributed by atoms with Gasteiger partial charge in [0.2, 0.25) is 0 Å². The van der Waals surface area contributed by atoms with Gasteiger partial charge in [-0.15, -0.1) is 0 Å². The molecule has 0 amide bonds. The number of hydrogen-bond donors (Lipinski definition) is 5. The van der Waals surface area contributed by atoms with Crippen LogP contribution in [0.3, 0.4) is 0 Å². The predicted molar refractivity (Wildman–Crippen MR) is 100 cm³/mol. The van der Waals surface area contributed by atoms with Crippen LogP contribution in [-0.4, -0.2) is 49.3 Å². The second-order valence-corrected chi connectivity index (χ2v) is 8.83. The molecule has 0 radical (unpaired) electrons. The van der Waals surface area contributed by atoms with Crippen LogP contribution < -0.4 is 26.6 Å². The van der Waals surface area contributed by atoms with Crippen molar-refractivity contribution in [2.75, 3.05) is 25.0 Å². The molecule has 4 bridgehead atoms. The van der Waals surface area contributed by atoms with E-state index in [9.17, 15) is 0 Å². The van der Waals surface area contributed by atoms with Gasteiger partial charge in [-0.05, 0) is 49.3 Å². The largest absolute Gasteiger partial charge is 0.384 e. The Morgan fingerprint density at radius 3 is 2.84 bits per heavy atom. The zero-order valence-corrected chi connectivity index (χ0v) is 14.8. The number of hydrogen-bond acceptors (Lipinski definition) is 5. The number of anilines is 1. The van der Waals surface area contributed by atoms with Crippen molar-refractivity contribution in [3.05, 3.63) is 29.3 Å². The Hall–Kier alpha value is -1.14. The van der Waals surface area contributed by atoms with Gasteiger partial charge in [0.1, 0.15) is 0 Å². The zero-order chi connectivity index (χ0) is 16.4. The Morgan fingerprint density at radius 1 is 1.04 bits per heavy atom. The van der Waals surface area contributed by atoms with E-state index in [1.54, 1.807) is 0 Å². The SMILES string of the molecule is c1cc2c(cc1C1NC(C34CCC(CN3)NC4)C3CCC1N3)CCN2. The number of piperidine rings is 2. The Morgan fingerprint density at radius 2 is 2.00 bits per heavy atom. The Bertz CT molecular complexity index is 667. The van der Waals surface area contributed by atoms with Crippen molar-refractivity contribution < 1.29 is 0 Å². The molecule has 6 heterocycles. The van der Waals surface area contributed by atoms with Gasteiger partial charge in [-0.3, -0.25) is 0 Å². The molecule has 0 spiro atoms. The van der Waals surface area contributed by atoms with Gasteiger partial charge in [-0.2, -0.15) is 0 Å². The minimum Gasteiger partial charge on any atom is -0.384 e. The first-order valence-corrected chi connectivity index (χ1v) is 10.2. The minimum absolute atomic E-state index is 0.220. The first-order valence-electron chi connectivity index (χ1n) is 10.2. The number of nitrogens with one attached hydrogen (secondary N) is 5. The highest BCUT2D eigenvalue weighted by Crippen LogP contribution is 2.39. The lowest BCUT2D eigenvalue weighted by Gasteiger charge is -2.56. The van der Waals surface area contributed by atoms with Crippen LogP contribution in [0, 0.1) is 0 Å². The first-order chi connectivity index (χ1) is 12.3. The van der Waals surface area contributed by atoms with E-state index in [0.29, 0.717) is 30.2 Å². The number of fused-ring (bicyclic) bond motifs is 6. The molecule has 6 atom stereocenters. The summed E-state index contributed by atoms with van der Waals surface area (Å²) in [6, 6.07) is 9.91. The molecule has 7 rings (SSSR count). The van der Waals surface area contributed by atoms with Crippen LogP contribution in [0.25, 0.3) is 0 Å². The summed E-state index contributed by atoms with van der Waals surface area (Å²) in [6.45, 7) is 3.33. The summed E-state index contributed by atoms with van der Waals surface area (Å²) in [7, 11) is 0. The molecule has 134 valence electrons. The molecule has 6 aliphatic heterocycles. The minimum atomic E-state index is 0.220. The fourth-order valence-corrected chi connectivity index (χ4v) is 6.12. The highest BCUT2D eigenvalue weighted by atomic mass is 15.3. The summed E-state index contributed by atoms with van der Waals surface area (Å²) in [5.41, 5.74) is 4.52. The average molecular weight is 339 g/mol. The molecule has 1 aromatic carbocycles. The predicted octanol–water partition coefficient (Wildman–Crippen LogP) is 0.882. The molecule has 5 nitrogen and oxygen atoms in total. The summed E-state index contributed by atoms with van der Waals surface area (Å²) in [6.07, 6.45) is 6.37. The smallest absolute Gasteiger partial charge is 0.0479 e. The number of piperazine rings is 2. The molecule has 6 aliphatic rings. The van der Waals surface area contributed by atoms with Crippen LogP contribution in [0.15, 0.2) is 18.2 Å². The molecule has 0 saturated carbocycles. The standard InChI is InChI=1S/C20H29N5/c1-2-15-12(6-8-21-15)9-13(1)18-16-3-4-17(24-16)19(25-18)20-7-5-14(10-23-20)22-11-20/h1-2,9,14,16-19,21-25H,3-8,10-11H2. The fourth-order valence-electron chi connectivity index (χ4n) is 6.12. The second kappa shape index (κ2) is 5.43. The summed E-state index contributed by atoms with van der Waals surface area (Å²) < 4.78 is 0. The van der Waals surface area contributed by atoms with Crippen molar-refractivity contribution >= 4 is 5.69 Å². The van der Waals surface area contributed by atoms with Crippen LogP contribution in [0.2, 0.25) is 0 Å². The third kappa shape index (κ3) is 2.23. The molecule has 1 aromatic rings. The lowest BCUT2D eigenvalue weighted by atomic mass is 9.73. The maximum absolute atomic E-state index is 4.12. The molecule has 0 aliphatic carbocycles. The normalized spacial score (nSPS) is 44.6. The van der Waals surface area contributed by atoms with Gasteiger partial charge >= 0.3 is 0 Å². The summed E-state index contributed by atoms with van der Waals surface area (Å²) >= 11 is 0. The zero-order valence-electron chi connectivity index (χ0n) is 14.8. The number of rotatable bonds is 2. The fraction of sp³-hybridized carbons (Fsp3) is 0.700. The van der Waals surface area contributed by atoms with Gasteiger partial charge in [0.05, 0.1) is 0 Å². The van der Waals surface area contributed by atoms with E-state index in [-0.39, 0.29) is 5.54 Å². The Labute approximate surface area is 149 Å². The van der Waals surface area contributed by atoms with Gasteiger partial charge in [0.25, 0.3) is 0 Å². The first kappa shape index (κ1) is 15.0. The van der Waals surface area contributed by atoms with Crippen LogP contribution in [0.5, 0.6) is 0 Å². The van der Waals surface area contributed by atoms with Gasteiger partial charge in [0.15, 0.2) is 0 Å². The van der Waals surface area contributed by atoms with Crippen molar-refractivity contribution in [1.82, 2.24) is 21.3 Å². The average Bonchev–Trinajstić information content (AvgIpc) is 3.30. The molecular formula is C20H29N5. The van der Waals surface area contributed by atoms with Crippen LogP contribution in [-0.2, 0) is 6.42 Å². The third-order valence-corrected chi connectivity index (χ3v) is 7.52. The molecule has 5 heteroatoms. The van der Waals surface area contributed by atoms with E-state index in [1.165, 1.54) is 42.5 Å². The van der Waals surface area contributed by atoms with Gasteiger partial charge < -0.3 is 26.6 Å². The topological polar surface area (TPSA) is 60.1 Å². The Balaban J connectivity index is 1.32.